The molecule has 0 aliphatic rings. The summed E-state index contributed by atoms with van der Waals surface area (Å²) in [6.45, 7) is 0. The molecule has 0 saturated carbocycles. The van der Waals surface area contributed by atoms with Gasteiger partial charge in [0.25, 0.3) is 0 Å². The van der Waals surface area contributed by atoms with Crippen LogP contribution in [0.3, 0.4) is 0 Å². The van der Waals surface area contributed by atoms with Crippen LogP contribution in [0.1, 0.15) is 16.7 Å². The highest BCUT2D eigenvalue weighted by Gasteiger charge is 2.36. The minimum atomic E-state index is -5.20. The van der Waals surface area contributed by atoms with E-state index in [-0.39, 0.29) is 11.3 Å². The van der Waals surface area contributed by atoms with Crippen molar-refractivity contribution >= 4 is 32.0 Å². The van der Waals surface area contributed by atoms with Gasteiger partial charge in [0.15, 0.2) is 5.06 Å². The third kappa shape index (κ3) is 4.42. The van der Waals surface area contributed by atoms with E-state index in [2.05, 4.69) is 0 Å². The first-order chi connectivity index (χ1) is 13.1. The van der Waals surface area contributed by atoms with Crippen LogP contribution in [0.25, 0.3) is 16.8 Å². The topological polar surface area (TPSA) is 135 Å². The normalized spacial score (nSPS) is 12.1. The van der Waals surface area contributed by atoms with Crippen molar-refractivity contribution in [2.45, 2.75) is 6.42 Å². The highest BCUT2D eigenvalue weighted by Crippen LogP contribution is 2.64. The predicted octanol–water partition coefficient (Wildman–Crippen LogP) is 3.79. The van der Waals surface area contributed by atoms with Crippen molar-refractivity contribution in [3.63, 3.8) is 0 Å². The summed E-state index contributed by atoms with van der Waals surface area (Å²) in [6, 6.07) is 17.3. The molecular formula is C19H18O7P2. The van der Waals surface area contributed by atoms with Crippen molar-refractivity contribution in [2.24, 2.45) is 0 Å². The van der Waals surface area contributed by atoms with Gasteiger partial charge >= 0.3 is 15.2 Å². The number of aromatic hydroxyl groups is 1. The van der Waals surface area contributed by atoms with Crippen LogP contribution in [0.5, 0.6) is 5.75 Å². The lowest BCUT2D eigenvalue weighted by Crippen LogP contribution is -1.94. The van der Waals surface area contributed by atoms with Crippen LogP contribution in [-0.4, -0.2) is 24.7 Å². The third-order valence-electron chi connectivity index (χ3n) is 4.25. The van der Waals surface area contributed by atoms with Crippen molar-refractivity contribution in [3.8, 4) is 5.75 Å². The van der Waals surface area contributed by atoms with E-state index in [0.29, 0.717) is 22.8 Å². The number of rotatable bonds is 5. The molecule has 0 amide bonds. The van der Waals surface area contributed by atoms with Gasteiger partial charge in [0.2, 0.25) is 0 Å². The average molecular weight is 420 g/mol. The summed E-state index contributed by atoms with van der Waals surface area (Å²) in [5.74, 6) is 0.00510. The van der Waals surface area contributed by atoms with Crippen LogP contribution < -0.4 is 0 Å². The molecule has 0 fully saturated rings. The van der Waals surface area contributed by atoms with Crippen LogP contribution in [-0.2, 0) is 15.6 Å². The summed E-state index contributed by atoms with van der Waals surface area (Å²) in [7, 11) is -10.4. The van der Waals surface area contributed by atoms with Crippen molar-refractivity contribution in [2.75, 3.05) is 0 Å². The number of benzene rings is 3. The summed E-state index contributed by atoms with van der Waals surface area (Å²) in [5, 5.41) is 10.2. The second kappa shape index (κ2) is 7.64. The van der Waals surface area contributed by atoms with E-state index in [1.54, 1.807) is 24.3 Å². The lowest BCUT2D eigenvalue weighted by molar-refractivity contribution is 0.368. The van der Waals surface area contributed by atoms with Crippen LogP contribution >= 0.6 is 15.2 Å². The minimum absolute atomic E-state index is 0.00510. The Labute approximate surface area is 160 Å². The van der Waals surface area contributed by atoms with Gasteiger partial charge in [0, 0.05) is 11.8 Å². The monoisotopic (exact) mass is 420 g/mol. The standard InChI is InChI=1S/C19H18O7P2/c20-19-15(10-13-6-2-1-3-7-13)11-14(16-8-4-5-9-17(16)19)12-18(27(21,22)23)28(24,25)26/h1-9,11-12,20H,10H2,(H2,21,22,23)(H2,24,25,26). The molecule has 146 valence electrons. The van der Waals surface area contributed by atoms with E-state index < -0.39 is 20.2 Å². The Morgan fingerprint density at radius 2 is 1.36 bits per heavy atom. The molecule has 3 aromatic carbocycles. The number of phenols is 1. The van der Waals surface area contributed by atoms with Gasteiger partial charge in [-0.25, -0.2) is 0 Å². The quantitative estimate of drug-likeness (QED) is 0.396. The Hall–Kier alpha value is -2.24. The molecule has 0 saturated heterocycles. The number of hydrogen-bond acceptors (Lipinski definition) is 3. The number of hydrogen-bond donors (Lipinski definition) is 5. The molecule has 0 heterocycles. The van der Waals surface area contributed by atoms with Gasteiger partial charge in [0.05, 0.1) is 0 Å². The van der Waals surface area contributed by atoms with E-state index in [9.17, 15) is 33.8 Å². The van der Waals surface area contributed by atoms with Gasteiger partial charge in [-0.05, 0) is 34.2 Å². The fraction of sp³-hybridized carbons (Fsp3) is 0.0526. The molecule has 0 aliphatic heterocycles. The summed E-state index contributed by atoms with van der Waals surface area (Å²) >= 11 is 0. The molecule has 3 aromatic rings. The molecule has 0 spiro atoms. The molecule has 0 atom stereocenters. The first-order valence-corrected chi connectivity index (χ1v) is 11.4. The fourth-order valence-electron chi connectivity index (χ4n) is 3.00. The molecular weight excluding hydrogens is 402 g/mol. The van der Waals surface area contributed by atoms with E-state index in [1.165, 1.54) is 6.07 Å². The maximum atomic E-state index is 11.6. The van der Waals surface area contributed by atoms with Gasteiger partial charge in [-0.15, -0.1) is 0 Å². The maximum Gasteiger partial charge on any atom is 0.364 e. The summed E-state index contributed by atoms with van der Waals surface area (Å²) in [5.41, 5.74) is 1.56. The van der Waals surface area contributed by atoms with E-state index >= 15 is 0 Å². The Balaban J connectivity index is 2.27. The first-order valence-electron chi connectivity index (χ1n) is 8.19. The molecule has 0 aliphatic carbocycles. The van der Waals surface area contributed by atoms with Gasteiger partial charge < -0.3 is 24.7 Å². The van der Waals surface area contributed by atoms with Crippen molar-refractivity contribution in [1.82, 2.24) is 0 Å². The number of phenolic OH excluding ortho intramolecular Hbond substituents is 1. The molecule has 9 heteroatoms. The van der Waals surface area contributed by atoms with Crippen LogP contribution in [0.2, 0.25) is 0 Å². The average Bonchev–Trinajstić information content (AvgIpc) is 2.62. The Bertz CT molecular complexity index is 1120. The highest BCUT2D eigenvalue weighted by molar-refractivity contribution is 7.77. The molecule has 5 N–H and O–H groups in total. The molecule has 0 aromatic heterocycles. The fourth-order valence-corrected chi connectivity index (χ4v) is 4.97. The molecule has 28 heavy (non-hydrogen) atoms. The highest BCUT2D eigenvalue weighted by atomic mass is 31.2. The number of fused-ring (bicyclic) bond motifs is 1. The van der Waals surface area contributed by atoms with E-state index in [1.807, 2.05) is 30.3 Å². The molecule has 0 radical (unpaired) electrons. The smallest absolute Gasteiger partial charge is 0.364 e. The lowest BCUT2D eigenvalue weighted by atomic mass is 9.95. The second-order valence-corrected chi connectivity index (χ2v) is 9.76. The van der Waals surface area contributed by atoms with Gasteiger partial charge in [-0.3, -0.25) is 9.13 Å². The van der Waals surface area contributed by atoms with E-state index in [4.69, 9.17) is 0 Å². The molecule has 3 rings (SSSR count). The molecule has 7 nitrogen and oxygen atoms in total. The molecule has 0 bridgehead atoms. The zero-order valence-corrected chi connectivity index (χ0v) is 16.3. The maximum absolute atomic E-state index is 11.6. The van der Waals surface area contributed by atoms with Crippen LogP contribution in [0.4, 0.5) is 0 Å². The summed E-state index contributed by atoms with van der Waals surface area (Å²) in [4.78, 5) is 37.6. The predicted molar refractivity (Wildman–Crippen MR) is 107 cm³/mol. The van der Waals surface area contributed by atoms with Crippen LogP contribution in [0.15, 0.2) is 65.7 Å². The minimum Gasteiger partial charge on any atom is -0.507 e. The second-order valence-electron chi connectivity index (χ2n) is 6.27. The largest absolute Gasteiger partial charge is 0.507 e. The van der Waals surface area contributed by atoms with E-state index in [0.717, 1.165) is 11.6 Å². The van der Waals surface area contributed by atoms with Gasteiger partial charge in [-0.1, -0.05) is 54.6 Å². The van der Waals surface area contributed by atoms with Crippen molar-refractivity contribution < 1.29 is 33.8 Å². The van der Waals surface area contributed by atoms with Crippen molar-refractivity contribution in [1.29, 1.82) is 0 Å². The zero-order valence-electron chi connectivity index (χ0n) is 14.5. The summed E-state index contributed by atoms with van der Waals surface area (Å²) in [6.07, 6.45) is 1.15. The zero-order chi connectivity index (χ0) is 20.5. The Kier molecular flexibility index (Phi) is 5.60. The Morgan fingerprint density at radius 3 is 1.93 bits per heavy atom. The summed E-state index contributed by atoms with van der Waals surface area (Å²) < 4.78 is 23.3. The van der Waals surface area contributed by atoms with Gasteiger partial charge in [0.1, 0.15) is 5.75 Å². The van der Waals surface area contributed by atoms with Crippen LogP contribution in [0, 0.1) is 0 Å². The SMILES string of the molecule is O=P(O)(O)C(=Cc1cc(Cc2ccccc2)c(O)c2ccccc12)P(=O)(O)O. The molecule has 0 unspecified atom stereocenters. The van der Waals surface area contributed by atoms with Crippen molar-refractivity contribution in [3.05, 3.63) is 82.4 Å². The third-order valence-corrected chi connectivity index (χ3v) is 7.26. The lowest BCUT2D eigenvalue weighted by Gasteiger charge is -2.14. The first kappa shape index (κ1) is 20.5. The van der Waals surface area contributed by atoms with Gasteiger partial charge in [-0.2, -0.15) is 0 Å². The Morgan fingerprint density at radius 1 is 0.821 bits per heavy atom.